The number of ether oxygens (including phenoxy) is 1. The van der Waals surface area contributed by atoms with Gasteiger partial charge in [0.2, 0.25) is 0 Å². The van der Waals surface area contributed by atoms with Crippen molar-refractivity contribution >= 4 is 24.0 Å². The summed E-state index contributed by atoms with van der Waals surface area (Å²) >= 11 is 0. The number of rotatable bonds is 6. The van der Waals surface area contributed by atoms with Crippen molar-refractivity contribution < 1.29 is 19.1 Å². The summed E-state index contributed by atoms with van der Waals surface area (Å²) < 4.78 is 4.96. The predicted molar refractivity (Wildman–Crippen MR) is 92.3 cm³/mol. The monoisotopic (exact) mass is 332 g/mol. The van der Waals surface area contributed by atoms with Crippen LogP contribution in [0, 0.1) is 0 Å². The molecule has 0 aliphatic carbocycles. The van der Waals surface area contributed by atoms with Gasteiger partial charge in [-0.05, 0) is 37.0 Å². The van der Waals surface area contributed by atoms with Crippen LogP contribution in [-0.4, -0.2) is 30.6 Å². The van der Waals surface area contributed by atoms with Gasteiger partial charge in [0.25, 0.3) is 5.91 Å². The Bertz CT molecular complexity index is 606. The molecular weight excluding hydrogens is 308 g/mol. The average molecular weight is 332 g/mol. The van der Waals surface area contributed by atoms with E-state index in [2.05, 4.69) is 24.5 Å². The van der Waals surface area contributed by atoms with Crippen LogP contribution in [0.25, 0.3) is 6.08 Å². The Morgan fingerprint density at radius 1 is 1.12 bits per heavy atom. The second-order valence-electron chi connectivity index (χ2n) is 5.58. The highest BCUT2D eigenvalue weighted by Crippen LogP contribution is 2.15. The molecule has 0 radical (unpaired) electrons. The fraction of sp³-hybridized carbons (Fsp3) is 0.389. The molecule has 0 bridgehead atoms. The molecule has 0 fully saturated rings. The second-order valence-corrected chi connectivity index (χ2v) is 5.58. The summed E-state index contributed by atoms with van der Waals surface area (Å²) in [5.41, 5.74) is 2.07. The summed E-state index contributed by atoms with van der Waals surface area (Å²) in [6.45, 7) is 7.74. The van der Waals surface area contributed by atoms with Gasteiger partial charge in [0.15, 0.2) is 6.10 Å². The van der Waals surface area contributed by atoms with Crippen molar-refractivity contribution in [2.45, 2.75) is 39.7 Å². The molecule has 2 N–H and O–H groups in total. The van der Waals surface area contributed by atoms with Gasteiger partial charge >= 0.3 is 12.0 Å². The van der Waals surface area contributed by atoms with Gasteiger partial charge in [-0.3, -0.25) is 10.1 Å². The third kappa shape index (κ3) is 6.64. The molecule has 0 saturated carbocycles. The zero-order chi connectivity index (χ0) is 18.1. The van der Waals surface area contributed by atoms with Crippen LogP contribution in [0.1, 0.15) is 44.7 Å². The van der Waals surface area contributed by atoms with Crippen molar-refractivity contribution in [2.75, 3.05) is 6.54 Å². The van der Waals surface area contributed by atoms with Crippen LogP contribution in [0.5, 0.6) is 0 Å². The molecule has 1 atom stereocenters. The van der Waals surface area contributed by atoms with Crippen LogP contribution >= 0.6 is 0 Å². The maximum Gasteiger partial charge on any atom is 0.331 e. The van der Waals surface area contributed by atoms with E-state index in [1.807, 2.05) is 24.3 Å². The maximum absolute atomic E-state index is 11.7. The third-order valence-corrected chi connectivity index (χ3v) is 3.25. The standard InChI is InChI=1S/C18H24N2O4/c1-5-19-18(23)20-17(22)13(4)24-16(21)11-8-14-6-9-15(10-7-14)12(2)3/h6-13H,5H2,1-4H3,(H2,19,20,22,23)/b11-8+. The molecule has 3 amide bonds. The van der Waals surface area contributed by atoms with E-state index in [-0.39, 0.29) is 0 Å². The Hall–Kier alpha value is -2.63. The first kappa shape index (κ1) is 19.4. The summed E-state index contributed by atoms with van der Waals surface area (Å²) in [5.74, 6) is -0.886. The van der Waals surface area contributed by atoms with E-state index in [0.29, 0.717) is 12.5 Å². The van der Waals surface area contributed by atoms with Crippen LogP contribution in [0.2, 0.25) is 0 Å². The highest BCUT2D eigenvalue weighted by molar-refractivity contribution is 5.98. The quantitative estimate of drug-likeness (QED) is 0.619. The molecule has 1 aromatic carbocycles. The number of carbonyl (C=O) groups is 3. The van der Waals surface area contributed by atoms with Crippen LogP contribution in [0.3, 0.4) is 0 Å². The maximum atomic E-state index is 11.7. The minimum Gasteiger partial charge on any atom is -0.449 e. The van der Waals surface area contributed by atoms with Crippen molar-refractivity contribution in [2.24, 2.45) is 0 Å². The lowest BCUT2D eigenvalue weighted by atomic mass is 10.0. The lowest BCUT2D eigenvalue weighted by Gasteiger charge is -2.11. The molecule has 0 aliphatic heterocycles. The first-order chi connectivity index (χ1) is 11.3. The molecule has 130 valence electrons. The molecule has 0 spiro atoms. The zero-order valence-corrected chi connectivity index (χ0v) is 14.5. The van der Waals surface area contributed by atoms with Gasteiger partial charge in [0.05, 0.1) is 0 Å². The molecule has 24 heavy (non-hydrogen) atoms. The van der Waals surface area contributed by atoms with E-state index in [1.54, 1.807) is 13.0 Å². The van der Waals surface area contributed by atoms with Crippen molar-refractivity contribution in [3.63, 3.8) is 0 Å². The van der Waals surface area contributed by atoms with Gasteiger partial charge in [0.1, 0.15) is 0 Å². The number of urea groups is 1. The number of hydrogen-bond donors (Lipinski definition) is 2. The SMILES string of the molecule is CCNC(=O)NC(=O)C(C)OC(=O)/C=C/c1ccc(C(C)C)cc1. The first-order valence-corrected chi connectivity index (χ1v) is 7.90. The predicted octanol–water partition coefficient (Wildman–Crippen LogP) is 2.60. The number of esters is 1. The van der Waals surface area contributed by atoms with Gasteiger partial charge in [-0.15, -0.1) is 0 Å². The zero-order valence-electron chi connectivity index (χ0n) is 14.5. The summed E-state index contributed by atoms with van der Waals surface area (Å²) in [6.07, 6.45) is 1.80. The minimum absolute atomic E-state index is 0.394. The number of benzene rings is 1. The molecule has 1 rings (SSSR count). The molecule has 0 aliphatic rings. The van der Waals surface area contributed by atoms with E-state index < -0.39 is 24.0 Å². The van der Waals surface area contributed by atoms with Crippen molar-refractivity contribution in [1.82, 2.24) is 10.6 Å². The molecule has 6 nitrogen and oxygen atoms in total. The van der Waals surface area contributed by atoms with Gasteiger partial charge in [0, 0.05) is 12.6 Å². The fourth-order valence-corrected chi connectivity index (χ4v) is 1.84. The number of hydrogen-bond acceptors (Lipinski definition) is 4. The van der Waals surface area contributed by atoms with Crippen molar-refractivity contribution in [3.05, 3.63) is 41.5 Å². The Labute approximate surface area is 142 Å². The van der Waals surface area contributed by atoms with Crippen LogP contribution in [0.15, 0.2) is 30.3 Å². The highest BCUT2D eigenvalue weighted by Gasteiger charge is 2.18. The number of imide groups is 1. The fourth-order valence-electron chi connectivity index (χ4n) is 1.84. The Morgan fingerprint density at radius 3 is 2.29 bits per heavy atom. The summed E-state index contributed by atoms with van der Waals surface area (Å²) in [4.78, 5) is 34.6. The smallest absolute Gasteiger partial charge is 0.331 e. The number of amides is 3. The molecule has 6 heteroatoms. The van der Waals surface area contributed by atoms with E-state index >= 15 is 0 Å². The molecule has 0 saturated heterocycles. The first-order valence-electron chi connectivity index (χ1n) is 7.90. The third-order valence-electron chi connectivity index (χ3n) is 3.25. The van der Waals surface area contributed by atoms with Gasteiger partial charge in [-0.1, -0.05) is 38.1 Å². The van der Waals surface area contributed by atoms with Crippen LogP contribution < -0.4 is 10.6 Å². The van der Waals surface area contributed by atoms with Gasteiger partial charge in [-0.2, -0.15) is 0 Å². The lowest BCUT2D eigenvalue weighted by Crippen LogP contribution is -2.44. The largest absolute Gasteiger partial charge is 0.449 e. The van der Waals surface area contributed by atoms with E-state index in [0.717, 1.165) is 5.56 Å². The minimum atomic E-state index is -1.06. The second kappa shape index (κ2) is 9.50. The van der Waals surface area contributed by atoms with Crippen LogP contribution in [-0.2, 0) is 14.3 Å². The molecule has 1 aromatic rings. The molecular formula is C18H24N2O4. The van der Waals surface area contributed by atoms with E-state index in [4.69, 9.17) is 4.74 Å². The number of carbonyl (C=O) groups excluding carboxylic acids is 3. The summed E-state index contributed by atoms with van der Waals surface area (Å²) in [5, 5.41) is 4.50. The van der Waals surface area contributed by atoms with Gasteiger partial charge in [-0.25, -0.2) is 9.59 Å². The Balaban J connectivity index is 2.52. The topological polar surface area (TPSA) is 84.5 Å². The summed E-state index contributed by atoms with van der Waals surface area (Å²) in [7, 11) is 0. The molecule has 0 aromatic heterocycles. The van der Waals surface area contributed by atoms with Crippen LogP contribution in [0.4, 0.5) is 4.79 Å². The average Bonchev–Trinajstić information content (AvgIpc) is 2.53. The normalized spacial score (nSPS) is 12.0. The molecule has 1 unspecified atom stereocenters. The Morgan fingerprint density at radius 2 is 1.75 bits per heavy atom. The molecule has 0 heterocycles. The van der Waals surface area contributed by atoms with Gasteiger partial charge < -0.3 is 10.1 Å². The van der Waals surface area contributed by atoms with E-state index in [1.165, 1.54) is 18.6 Å². The number of nitrogens with one attached hydrogen (secondary N) is 2. The highest BCUT2D eigenvalue weighted by atomic mass is 16.5. The lowest BCUT2D eigenvalue weighted by molar-refractivity contribution is -0.149. The van der Waals surface area contributed by atoms with Crippen molar-refractivity contribution in [3.8, 4) is 0 Å². The Kier molecular flexibility index (Phi) is 7.68. The van der Waals surface area contributed by atoms with E-state index in [9.17, 15) is 14.4 Å². The van der Waals surface area contributed by atoms with Crippen molar-refractivity contribution in [1.29, 1.82) is 0 Å². The summed E-state index contributed by atoms with van der Waals surface area (Å²) in [6, 6.07) is 7.19.